The molecule has 1 aliphatic heterocycles. The van der Waals surface area contributed by atoms with Gasteiger partial charge in [-0.3, -0.25) is 9.78 Å². The van der Waals surface area contributed by atoms with Crippen molar-refractivity contribution in [2.45, 2.75) is 37.7 Å². The third-order valence-corrected chi connectivity index (χ3v) is 4.87. The molecular weight excluding hydrogens is 328 g/mol. The molecule has 1 saturated heterocycles. The van der Waals surface area contributed by atoms with Crippen LogP contribution in [0.5, 0.6) is 5.75 Å². The molecule has 1 unspecified atom stereocenters. The quantitative estimate of drug-likeness (QED) is 0.866. The van der Waals surface area contributed by atoms with Crippen molar-refractivity contribution in [2.75, 3.05) is 19.7 Å². The summed E-state index contributed by atoms with van der Waals surface area (Å²) in [7, 11) is 0. The lowest BCUT2D eigenvalue weighted by molar-refractivity contribution is -0.131. The van der Waals surface area contributed by atoms with Crippen LogP contribution < -0.4 is 4.74 Å². The number of likely N-dealkylation sites (tertiary alicyclic amines) is 1. The first-order chi connectivity index (χ1) is 12.6. The summed E-state index contributed by atoms with van der Waals surface area (Å²) in [5.41, 5.74) is 0.192. The lowest BCUT2D eigenvalue weighted by atomic mass is 9.96. The van der Waals surface area contributed by atoms with Crippen LogP contribution in [0.15, 0.2) is 54.9 Å². The number of para-hydroxylation sites is 1. The van der Waals surface area contributed by atoms with Gasteiger partial charge < -0.3 is 14.7 Å². The van der Waals surface area contributed by atoms with Crippen LogP contribution in [0, 0.1) is 0 Å². The molecular formula is C21H26N2O3. The van der Waals surface area contributed by atoms with Crippen LogP contribution in [0.25, 0.3) is 0 Å². The molecule has 0 aliphatic carbocycles. The summed E-state index contributed by atoms with van der Waals surface area (Å²) in [6.45, 7) is 1.52. The minimum absolute atomic E-state index is 0.141. The minimum Gasteiger partial charge on any atom is -0.491 e. The van der Waals surface area contributed by atoms with Crippen LogP contribution in [0.2, 0.25) is 0 Å². The van der Waals surface area contributed by atoms with Crippen LogP contribution in [-0.2, 0) is 11.2 Å². The van der Waals surface area contributed by atoms with Crippen LogP contribution in [0.3, 0.4) is 0 Å². The van der Waals surface area contributed by atoms with E-state index < -0.39 is 5.60 Å². The summed E-state index contributed by atoms with van der Waals surface area (Å²) >= 11 is 0. The van der Waals surface area contributed by atoms with Crippen LogP contribution >= 0.6 is 0 Å². The standard InChI is InChI=1S/C21H26N2O3/c24-20(10-9-18-6-4-13-22-16-18)23-14-5-11-21(25,12-15-23)17-26-19-7-2-1-3-8-19/h1-4,6-8,13,16,25H,5,9-12,14-15,17H2. The second kappa shape index (κ2) is 8.81. The van der Waals surface area contributed by atoms with E-state index in [-0.39, 0.29) is 12.5 Å². The van der Waals surface area contributed by atoms with Gasteiger partial charge in [0.25, 0.3) is 0 Å². The normalized spacial score (nSPS) is 20.4. The third-order valence-electron chi connectivity index (χ3n) is 4.87. The minimum atomic E-state index is -0.881. The third kappa shape index (κ3) is 5.30. The first-order valence-corrected chi connectivity index (χ1v) is 9.22. The van der Waals surface area contributed by atoms with Crippen molar-refractivity contribution in [3.05, 3.63) is 60.4 Å². The first kappa shape index (κ1) is 18.4. The smallest absolute Gasteiger partial charge is 0.222 e. The second-order valence-corrected chi connectivity index (χ2v) is 6.92. The predicted octanol–water partition coefficient (Wildman–Crippen LogP) is 2.84. The zero-order chi connectivity index (χ0) is 18.2. The zero-order valence-electron chi connectivity index (χ0n) is 15.0. The van der Waals surface area contributed by atoms with E-state index in [0.717, 1.165) is 17.7 Å². The van der Waals surface area contributed by atoms with E-state index in [1.165, 1.54) is 0 Å². The Labute approximate surface area is 154 Å². The first-order valence-electron chi connectivity index (χ1n) is 9.22. The molecule has 1 atom stereocenters. The molecule has 2 heterocycles. The van der Waals surface area contributed by atoms with E-state index in [4.69, 9.17) is 4.74 Å². The van der Waals surface area contributed by atoms with Gasteiger partial charge in [0, 0.05) is 31.9 Å². The van der Waals surface area contributed by atoms with E-state index in [0.29, 0.717) is 38.8 Å². The van der Waals surface area contributed by atoms with E-state index in [1.807, 2.05) is 47.4 Å². The fourth-order valence-electron chi connectivity index (χ4n) is 3.26. The van der Waals surface area contributed by atoms with Crippen molar-refractivity contribution in [3.63, 3.8) is 0 Å². The maximum absolute atomic E-state index is 12.5. The number of pyridine rings is 1. The van der Waals surface area contributed by atoms with E-state index >= 15 is 0 Å². The Morgan fingerprint density at radius 1 is 1.15 bits per heavy atom. The van der Waals surface area contributed by atoms with Crippen LogP contribution in [-0.4, -0.2) is 46.2 Å². The predicted molar refractivity (Wildman–Crippen MR) is 99.9 cm³/mol. The summed E-state index contributed by atoms with van der Waals surface area (Å²) in [5, 5.41) is 10.8. The van der Waals surface area contributed by atoms with Gasteiger partial charge in [-0.1, -0.05) is 24.3 Å². The molecule has 1 aromatic carbocycles. The molecule has 2 aromatic rings. The lowest BCUT2D eigenvalue weighted by Crippen LogP contribution is -2.38. The highest BCUT2D eigenvalue weighted by Crippen LogP contribution is 2.24. The Balaban J connectivity index is 1.48. The van der Waals surface area contributed by atoms with Crippen molar-refractivity contribution in [1.29, 1.82) is 0 Å². The molecule has 0 saturated carbocycles. The van der Waals surface area contributed by atoms with Gasteiger partial charge in [0.15, 0.2) is 0 Å². The Morgan fingerprint density at radius 3 is 2.77 bits per heavy atom. The van der Waals surface area contributed by atoms with Gasteiger partial charge in [-0.05, 0) is 49.4 Å². The molecule has 138 valence electrons. The molecule has 3 rings (SSSR count). The van der Waals surface area contributed by atoms with Gasteiger partial charge >= 0.3 is 0 Å². The maximum atomic E-state index is 12.5. The van der Waals surface area contributed by atoms with Gasteiger partial charge in [0.2, 0.25) is 5.91 Å². The van der Waals surface area contributed by atoms with Crippen molar-refractivity contribution >= 4 is 5.91 Å². The van der Waals surface area contributed by atoms with Gasteiger partial charge in [0.1, 0.15) is 18.0 Å². The average Bonchev–Trinajstić information content (AvgIpc) is 2.88. The van der Waals surface area contributed by atoms with Crippen LogP contribution in [0.1, 0.15) is 31.2 Å². The van der Waals surface area contributed by atoms with Crippen LogP contribution in [0.4, 0.5) is 0 Å². The van der Waals surface area contributed by atoms with E-state index in [9.17, 15) is 9.90 Å². The summed E-state index contributed by atoms with van der Waals surface area (Å²) in [5.74, 6) is 0.900. The number of hydrogen-bond donors (Lipinski definition) is 1. The van der Waals surface area contributed by atoms with E-state index in [1.54, 1.807) is 12.4 Å². The number of nitrogens with zero attached hydrogens (tertiary/aromatic N) is 2. The number of aromatic nitrogens is 1. The van der Waals surface area contributed by atoms with Gasteiger partial charge in [-0.2, -0.15) is 0 Å². The monoisotopic (exact) mass is 354 g/mol. The molecule has 26 heavy (non-hydrogen) atoms. The number of hydrogen-bond acceptors (Lipinski definition) is 4. The lowest BCUT2D eigenvalue weighted by Gasteiger charge is -2.27. The molecule has 1 aromatic heterocycles. The molecule has 5 nitrogen and oxygen atoms in total. The highest BCUT2D eigenvalue weighted by atomic mass is 16.5. The zero-order valence-corrected chi connectivity index (χ0v) is 15.0. The molecule has 0 radical (unpaired) electrons. The Bertz CT molecular complexity index is 693. The van der Waals surface area contributed by atoms with Crippen molar-refractivity contribution in [3.8, 4) is 5.75 Å². The summed E-state index contributed by atoms with van der Waals surface area (Å²) in [6, 6.07) is 13.4. The second-order valence-electron chi connectivity index (χ2n) is 6.92. The Morgan fingerprint density at radius 2 is 2.00 bits per heavy atom. The average molecular weight is 354 g/mol. The Kier molecular flexibility index (Phi) is 6.23. The van der Waals surface area contributed by atoms with Gasteiger partial charge in [0.05, 0.1) is 0 Å². The number of aryl methyl sites for hydroxylation is 1. The number of benzene rings is 1. The number of aliphatic hydroxyl groups is 1. The molecule has 1 amide bonds. The molecule has 0 spiro atoms. The van der Waals surface area contributed by atoms with Gasteiger partial charge in [-0.15, -0.1) is 0 Å². The largest absolute Gasteiger partial charge is 0.491 e. The molecule has 1 fully saturated rings. The topological polar surface area (TPSA) is 62.7 Å². The number of carbonyl (C=O) groups is 1. The summed E-state index contributed by atoms with van der Waals surface area (Å²) in [4.78, 5) is 18.5. The van der Waals surface area contributed by atoms with E-state index in [2.05, 4.69) is 4.98 Å². The highest BCUT2D eigenvalue weighted by molar-refractivity contribution is 5.76. The molecule has 1 aliphatic rings. The van der Waals surface area contributed by atoms with Gasteiger partial charge in [-0.25, -0.2) is 0 Å². The number of amides is 1. The number of rotatable bonds is 6. The van der Waals surface area contributed by atoms with Crippen molar-refractivity contribution < 1.29 is 14.6 Å². The number of ether oxygens (including phenoxy) is 1. The summed E-state index contributed by atoms with van der Waals surface area (Å²) in [6.07, 6.45) is 6.68. The fraction of sp³-hybridized carbons (Fsp3) is 0.429. The van der Waals surface area contributed by atoms with Crippen molar-refractivity contribution in [2.24, 2.45) is 0 Å². The molecule has 0 bridgehead atoms. The fourth-order valence-corrected chi connectivity index (χ4v) is 3.26. The number of carbonyl (C=O) groups excluding carboxylic acids is 1. The molecule has 5 heteroatoms. The molecule has 1 N–H and O–H groups in total. The Hall–Kier alpha value is -2.40. The maximum Gasteiger partial charge on any atom is 0.222 e. The summed E-state index contributed by atoms with van der Waals surface area (Å²) < 4.78 is 5.74. The SMILES string of the molecule is O=C(CCc1cccnc1)N1CCCC(O)(COc2ccccc2)CC1. The van der Waals surface area contributed by atoms with Crippen molar-refractivity contribution in [1.82, 2.24) is 9.88 Å². The highest BCUT2D eigenvalue weighted by Gasteiger charge is 2.32.